The van der Waals surface area contributed by atoms with Crippen molar-refractivity contribution in [2.75, 3.05) is 5.32 Å². The predicted molar refractivity (Wildman–Crippen MR) is 110 cm³/mol. The van der Waals surface area contributed by atoms with E-state index < -0.39 is 4.92 Å². The summed E-state index contributed by atoms with van der Waals surface area (Å²) in [5.41, 5.74) is 1.46. The Morgan fingerprint density at radius 3 is 2.45 bits per heavy atom. The van der Waals surface area contributed by atoms with Gasteiger partial charge in [0.05, 0.1) is 9.95 Å². The zero-order chi connectivity index (χ0) is 21.0. The van der Waals surface area contributed by atoms with E-state index in [4.69, 9.17) is 16.0 Å². The van der Waals surface area contributed by atoms with Crippen LogP contribution < -0.4 is 5.32 Å². The molecule has 0 fully saturated rings. The maximum atomic E-state index is 12.3. The fourth-order valence-corrected chi connectivity index (χ4v) is 2.85. The van der Waals surface area contributed by atoms with Gasteiger partial charge in [0.2, 0.25) is 5.91 Å². The summed E-state index contributed by atoms with van der Waals surface area (Å²) in [7, 11) is 0. The SMILES string of the molecule is CC(=O)Nc1ccc(C(=O)/C=C/c2ccc(-c3ccc([N+](=O)[O-])cc3Cl)o2)cc1. The number of benzene rings is 2. The highest BCUT2D eigenvalue weighted by Gasteiger charge is 2.13. The largest absolute Gasteiger partial charge is 0.457 e. The molecule has 29 heavy (non-hydrogen) atoms. The van der Waals surface area contributed by atoms with Crippen molar-refractivity contribution in [2.24, 2.45) is 0 Å². The molecule has 0 spiro atoms. The molecule has 0 saturated carbocycles. The average molecular weight is 411 g/mol. The highest BCUT2D eigenvalue weighted by Crippen LogP contribution is 2.32. The van der Waals surface area contributed by atoms with Gasteiger partial charge in [-0.3, -0.25) is 19.7 Å². The van der Waals surface area contributed by atoms with Crippen LogP contribution in [0.1, 0.15) is 23.0 Å². The Kier molecular flexibility index (Phi) is 5.90. The number of rotatable bonds is 6. The third kappa shape index (κ3) is 4.97. The maximum Gasteiger partial charge on any atom is 0.270 e. The van der Waals surface area contributed by atoms with Crippen molar-refractivity contribution in [2.45, 2.75) is 6.92 Å². The van der Waals surface area contributed by atoms with E-state index in [1.807, 2.05) is 0 Å². The molecule has 1 N–H and O–H groups in total. The predicted octanol–water partition coefficient (Wildman–Crippen LogP) is 5.36. The third-order valence-corrected chi connectivity index (χ3v) is 4.26. The zero-order valence-electron chi connectivity index (χ0n) is 15.2. The van der Waals surface area contributed by atoms with Crippen molar-refractivity contribution in [1.82, 2.24) is 0 Å². The number of ketones is 1. The van der Waals surface area contributed by atoms with Crippen LogP contribution in [0.3, 0.4) is 0 Å². The van der Waals surface area contributed by atoms with E-state index in [0.717, 1.165) is 0 Å². The number of hydrogen-bond donors (Lipinski definition) is 1. The first-order chi connectivity index (χ1) is 13.8. The van der Waals surface area contributed by atoms with Crippen LogP contribution in [0.15, 0.2) is 65.1 Å². The number of carbonyl (C=O) groups is 2. The van der Waals surface area contributed by atoms with E-state index >= 15 is 0 Å². The van der Waals surface area contributed by atoms with E-state index in [2.05, 4.69) is 5.32 Å². The van der Waals surface area contributed by atoms with Crippen molar-refractivity contribution in [3.8, 4) is 11.3 Å². The molecule has 1 heterocycles. The molecule has 2 aromatic carbocycles. The van der Waals surface area contributed by atoms with Crippen molar-refractivity contribution < 1.29 is 18.9 Å². The van der Waals surface area contributed by atoms with E-state index in [0.29, 0.717) is 28.3 Å². The van der Waals surface area contributed by atoms with Gasteiger partial charge in [-0.15, -0.1) is 0 Å². The lowest BCUT2D eigenvalue weighted by molar-refractivity contribution is -0.384. The van der Waals surface area contributed by atoms with Crippen molar-refractivity contribution in [3.05, 3.63) is 87.1 Å². The van der Waals surface area contributed by atoms with Crippen LogP contribution in [0.25, 0.3) is 17.4 Å². The molecule has 146 valence electrons. The molecule has 0 atom stereocenters. The second-order valence-electron chi connectivity index (χ2n) is 6.08. The molecule has 1 amide bonds. The Balaban J connectivity index is 1.72. The number of carbonyl (C=O) groups excluding carboxylic acids is 2. The number of allylic oxidation sites excluding steroid dienone is 1. The molecule has 3 aromatic rings. The minimum absolute atomic E-state index is 0.111. The quantitative estimate of drug-likeness (QED) is 0.255. The van der Waals surface area contributed by atoms with Crippen LogP contribution >= 0.6 is 11.6 Å². The molecule has 3 rings (SSSR count). The zero-order valence-corrected chi connectivity index (χ0v) is 16.0. The van der Waals surface area contributed by atoms with Gasteiger partial charge in [-0.2, -0.15) is 0 Å². The first-order valence-corrected chi connectivity index (χ1v) is 8.85. The minimum Gasteiger partial charge on any atom is -0.457 e. The molecular weight excluding hydrogens is 396 g/mol. The number of anilines is 1. The van der Waals surface area contributed by atoms with Crippen LogP contribution in [0.5, 0.6) is 0 Å². The van der Waals surface area contributed by atoms with Gasteiger partial charge in [-0.1, -0.05) is 11.6 Å². The summed E-state index contributed by atoms with van der Waals surface area (Å²) in [5.74, 6) is 0.436. The second kappa shape index (κ2) is 8.53. The number of amides is 1. The molecule has 0 saturated heterocycles. The summed E-state index contributed by atoms with van der Waals surface area (Å²) in [6.07, 6.45) is 2.89. The minimum atomic E-state index is -0.527. The number of nitro groups is 1. The second-order valence-corrected chi connectivity index (χ2v) is 6.49. The number of hydrogen-bond acceptors (Lipinski definition) is 5. The Morgan fingerprint density at radius 2 is 1.83 bits per heavy atom. The molecule has 7 nitrogen and oxygen atoms in total. The van der Waals surface area contributed by atoms with Crippen LogP contribution in [-0.2, 0) is 4.79 Å². The molecule has 1 aromatic heterocycles. The van der Waals surface area contributed by atoms with Crippen LogP contribution in [0.4, 0.5) is 11.4 Å². The maximum absolute atomic E-state index is 12.3. The Labute approximate surface area is 170 Å². The molecular formula is C21H15ClN2O5. The number of halogens is 1. The van der Waals surface area contributed by atoms with Gasteiger partial charge >= 0.3 is 0 Å². The summed E-state index contributed by atoms with van der Waals surface area (Å²) < 4.78 is 5.66. The standard InChI is InChI=1S/C21H15ClN2O5/c1-13(25)23-15-4-2-14(3-5-15)20(26)10-7-17-8-11-21(29-17)18-9-6-16(24(27)28)12-19(18)22/h2-12H,1H3,(H,23,25)/b10-7+. The normalized spacial score (nSPS) is 10.8. The molecule has 8 heteroatoms. The number of non-ortho nitro benzene ring substituents is 1. The highest BCUT2D eigenvalue weighted by atomic mass is 35.5. The average Bonchev–Trinajstić information content (AvgIpc) is 3.14. The number of nitrogens with one attached hydrogen (secondary N) is 1. The van der Waals surface area contributed by atoms with Crippen molar-refractivity contribution in [3.63, 3.8) is 0 Å². The van der Waals surface area contributed by atoms with Gasteiger partial charge in [-0.25, -0.2) is 0 Å². The van der Waals surface area contributed by atoms with Crippen LogP contribution in [-0.4, -0.2) is 16.6 Å². The topological polar surface area (TPSA) is 102 Å². The number of furan rings is 1. The van der Waals surface area contributed by atoms with Gasteiger partial charge in [0.1, 0.15) is 11.5 Å². The molecule has 0 aliphatic heterocycles. The lowest BCUT2D eigenvalue weighted by Crippen LogP contribution is -2.05. The summed E-state index contributed by atoms with van der Waals surface area (Å²) in [4.78, 5) is 33.6. The van der Waals surface area contributed by atoms with Crippen LogP contribution in [0, 0.1) is 10.1 Å². The van der Waals surface area contributed by atoms with Crippen molar-refractivity contribution in [1.29, 1.82) is 0 Å². The number of nitro benzene ring substituents is 1. The molecule has 0 bridgehead atoms. The first-order valence-electron chi connectivity index (χ1n) is 8.48. The first kappa shape index (κ1) is 20.0. The summed E-state index contributed by atoms with van der Waals surface area (Å²) >= 11 is 6.11. The Morgan fingerprint density at radius 1 is 1.10 bits per heavy atom. The third-order valence-electron chi connectivity index (χ3n) is 3.94. The summed E-state index contributed by atoms with van der Waals surface area (Å²) in [6.45, 7) is 1.41. The molecule has 0 radical (unpaired) electrons. The molecule has 0 unspecified atom stereocenters. The lowest BCUT2D eigenvalue weighted by atomic mass is 10.1. The lowest BCUT2D eigenvalue weighted by Gasteiger charge is -2.02. The highest BCUT2D eigenvalue weighted by molar-refractivity contribution is 6.33. The molecule has 0 aliphatic carbocycles. The van der Waals surface area contributed by atoms with Crippen LogP contribution in [0.2, 0.25) is 5.02 Å². The van der Waals surface area contributed by atoms with Gasteiger partial charge < -0.3 is 9.73 Å². The fourth-order valence-electron chi connectivity index (χ4n) is 2.58. The fraction of sp³-hybridized carbons (Fsp3) is 0.0476. The van der Waals surface area contributed by atoms with Gasteiger partial charge in [0.25, 0.3) is 5.69 Å². The van der Waals surface area contributed by atoms with Gasteiger partial charge in [0, 0.05) is 35.9 Å². The van der Waals surface area contributed by atoms with E-state index in [-0.39, 0.29) is 22.4 Å². The number of nitrogens with zero attached hydrogens (tertiary/aromatic N) is 1. The van der Waals surface area contributed by atoms with Crippen molar-refractivity contribution >= 4 is 40.7 Å². The van der Waals surface area contributed by atoms with Gasteiger partial charge in [-0.05, 0) is 54.6 Å². The van der Waals surface area contributed by atoms with Gasteiger partial charge in [0.15, 0.2) is 5.78 Å². The molecule has 0 aliphatic rings. The Bertz CT molecular complexity index is 1120. The van der Waals surface area contributed by atoms with E-state index in [1.54, 1.807) is 36.4 Å². The monoisotopic (exact) mass is 410 g/mol. The van der Waals surface area contributed by atoms with E-state index in [1.165, 1.54) is 37.3 Å². The Hall–Kier alpha value is -3.71. The van der Waals surface area contributed by atoms with E-state index in [9.17, 15) is 19.7 Å². The summed E-state index contributed by atoms with van der Waals surface area (Å²) in [6, 6.07) is 13.9. The smallest absolute Gasteiger partial charge is 0.270 e. The summed E-state index contributed by atoms with van der Waals surface area (Å²) in [5, 5.41) is 13.6.